The second kappa shape index (κ2) is 4.02. The first kappa shape index (κ1) is 11.3. The first-order chi connectivity index (χ1) is 7.57. The fourth-order valence-corrected chi connectivity index (χ4v) is 2.57. The minimum absolute atomic E-state index is 0.0144. The molecule has 1 aromatic carbocycles. The van der Waals surface area contributed by atoms with E-state index in [9.17, 15) is 4.79 Å². The highest BCUT2D eigenvalue weighted by Gasteiger charge is 2.39. The number of ketones is 1. The maximum atomic E-state index is 12.0. The molecule has 0 saturated heterocycles. The van der Waals surface area contributed by atoms with Gasteiger partial charge in [0.05, 0.1) is 6.61 Å². The zero-order valence-electron chi connectivity index (χ0n) is 10.1. The Morgan fingerprint density at radius 3 is 2.75 bits per heavy atom. The van der Waals surface area contributed by atoms with Crippen molar-refractivity contribution >= 4 is 5.78 Å². The molecule has 2 nitrogen and oxygen atoms in total. The van der Waals surface area contributed by atoms with Crippen LogP contribution in [0.3, 0.4) is 0 Å². The molecule has 16 heavy (non-hydrogen) atoms. The molecule has 0 amide bonds. The van der Waals surface area contributed by atoms with Gasteiger partial charge in [-0.1, -0.05) is 38.1 Å². The van der Waals surface area contributed by atoms with E-state index < -0.39 is 0 Å². The third-order valence-corrected chi connectivity index (χ3v) is 3.74. The van der Waals surface area contributed by atoms with E-state index in [0.29, 0.717) is 13.0 Å². The summed E-state index contributed by atoms with van der Waals surface area (Å²) >= 11 is 0. The van der Waals surface area contributed by atoms with Gasteiger partial charge in [0.2, 0.25) is 0 Å². The van der Waals surface area contributed by atoms with Crippen LogP contribution >= 0.6 is 0 Å². The third kappa shape index (κ3) is 1.67. The molecule has 2 heteroatoms. The molecule has 1 aliphatic rings. The standard InChI is InChI=1S/C14H18O2/c1-14(2)10(9-16-3)8-13(15)11-6-4-5-7-12(11)14/h4-7,10H,8-9H2,1-3H3. The lowest BCUT2D eigenvalue weighted by atomic mass is 9.65. The Morgan fingerprint density at radius 1 is 1.38 bits per heavy atom. The Kier molecular flexibility index (Phi) is 2.85. The molecule has 86 valence electrons. The van der Waals surface area contributed by atoms with Crippen molar-refractivity contribution in [2.24, 2.45) is 5.92 Å². The molecule has 0 radical (unpaired) electrons. The molecule has 0 fully saturated rings. The summed E-state index contributed by atoms with van der Waals surface area (Å²) in [6.45, 7) is 5.04. The molecule has 0 heterocycles. The second-order valence-corrected chi connectivity index (χ2v) is 5.05. The fraction of sp³-hybridized carbons (Fsp3) is 0.500. The summed E-state index contributed by atoms with van der Waals surface area (Å²) in [7, 11) is 1.70. The molecule has 0 aromatic heterocycles. The average molecular weight is 218 g/mol. The van der Waals surface area contributed by atoms with E-state index in [4.69, 9.17) is 4.74 Å². The van der Waals surface area contributed by atoms with Crippen molar-refractivity contribution < 1.29 is 9.53 Å². The number of methoxy groups -OCH3 is 1. The van der Waals surface area contributed by atoms with Gasteiger partial charge >= 0.3 is 0 Å². The second-order valence-electron chi connectivity index (χ2n) is 5.05. The van der Waals surface area contributed by atoms with Crippen molar-refractivity contribution in [3.8, 4) is 0 Å². The van der Waals surface area contributed by atoms with Crippen LogP contribution in [0.25, 0.3) is 0 Å². The van der Waals surface area contributed by atoms with Gasteiger partial charge in [-0.05, 0) is 16.9 Å². The molecule has 0 aliphatic heterocycles. The Bertz CT molecular complexity index is 407. The van der Waals surface area contributed by atoms with Gasteiger partial charge in [0.15, 0.2) is 5.78 Å². The highest BCUT2D eigenvalue weighted by molar-refractivity contribution is 5.99. The first-order valence-corrected chi connectivity index (χ1v) is 5.69. The molecule has 1 aromatic rings. The summed E-state index contributed by atoms with van der Waals surface area (Å²) < 4.78 is 5.23. The number of rotatable bonds is 2. The first-order valence-electron chi connectivity index (χ1n) is 5.69. The monoisotopic (exact) mass is 218 g/mol. The summed E-state index contributed by atoms with van der Waals surface area (Å²) in [6.07, 6.45) is 0.595. The lowest BCUT2D eigenvalue weighted by Crippen LogP contribution is -2.39. The lowest BCUT2D eigenvalue weighted by Gasteiger charge is -2.39. The normalized spacial score (nSPS) is 22.9. The van der Waals surface area contributed by atoms with E-state index in [1.54, 1.807) is 7.11 Å². The predicted molar refractivity (Wildman–Crippen MR) is 63.8 cm³/mol. The Morgan fingerprint density at radius 2 is 2.06 bits per heavy atom. The predicted octanol–water partition coefficient (Wildman–Crippen LogP) is 2.81. The van der Waals surface area contributed by atoms with E-state index in [-0.39, 0.29) is 17.1 Å². The molecular formula is C14H18O2. The summed E-state index contributed by atoms with van der Waals surface area (Å²) in [4.78, 5) is 12.0. The highest BCUT2D eigenvalue weighted by atomic mass is 16.5. The average Bonchev–Trinajstić information content (AvgIpc) is 2.27. The van der Waals surface area contributed by atoms with Gasteiger partial charge in [0.25, 0.3) is 0 Å². The van der Waals surface area contributed by atoms with E-state index in [2.05, 4.69) is 19.9 Å². The Balaban J connectivity index is 2.47. The number of hydrogen-bond donors (Lipinski definition) is 0. The van der Waals surface area contributed by atoms with Crippen LogP contribution in [-0.2, 0) is 10.2 Å². The van der Waals surface area contributed by atoms with Gasteiger partial charge in [-0.25, -0.2) is 0 Å². The van der Waals surface area contributed by atoms with E-state index in [1.165, 1.54) is 0 Å². The van der Waals surface area contributed by atoms with E-state index in [0.717, 1.165) is 11.1 Å². The number of fused-ring (bicyclic) bond motifs is 1. The number of ether oxygens (including phenoxy) is 1. The van der Waals surface area contributed by atoms with E-state index in [1.807, 2.05) is 18.2 Å². The van der Waals surface area contributed by atoms with Crippen LogP contribution in [0.5, 0.6) is 0 Å². The van der Waals surface area contributed by atoms with Crippen molar-refractivity contribution in [3.63, 3.8) is 0 Å². The van der Waals surface area contributed by atoms with Crippen LogP contribution in [0.1, 0.15) is 36.2 Å². The topological polar surface area (TPSA) is 26.3 Å². The minimum Gasteiger partial charge on any atom is -0.384 e. The van der Waals surface area contributed by atoms with Gasteiger partial charge < -0.3 is 4.74 Å². The van der Waals surface area contributed by atoms with Gasteiger partial charge in [-0.2, -0.15) is 0 Å². The van der Waals surface area contributed by atoms with Crippen molar-refractivity contribution in [1.29, 1.82) is 0 Å². The molecule has 2 rings (SSSR count). The number of hydrogen-bond acceptors (Lipinski definition) is 2. The molecular weight excluding hydrogens is 200 g/mol. The summed E-state index contributed by atoms with van der Waals surface area (Å²) in [5.41, 5.74) is 2.06. The molecule has 0 spiro atoms. The van der Waals surface area contributed by atoms with Crippen LogP contribution in [0, 0.1) is 5.92 Å². The van der Waals surface area contributed by atoms with Crippen LogP contribution in [-0.4, -0.2) is 19.5 Å². The largest absolute Gasteiger partial charge is 0.384 e. The van der Waals surface area contributed by atoms with Crippen molar-refractivity contribution in [1.82, 2.24) is 0 Å². The van der Waals surface area contributed by atoms with Crippen LogP contribution in [0.2, 0.25) is 0 Å². The zero-order valence-corrected chi connectivity index (χ0v) is 10.1. The number of carbonyl (C=O) groups excluding carboxylic acids is 1. The van der Waals surface area contributed by atoms with Gasteiger partial charge in [-0.3, -0.25) is 4.79 Å². The van der Waals surface area contributed by atoms with Crippen LogP contribution in [0.4, 0.5) is 0 Å². The molecule has 1 unspecified atom stereocenters. The smallest absolute Gasteiger partial charge is 0.163 e. The third-order valence-electron chi connectivity index (χ3n) is 3.74. The van der Waals surface area contributed by atoms with Crippen molar-refractivity contribution in [2.75, 3.05) is 13.7 Å². The van der Waals surface area contributed by atoms with Crippen molar-refractivity contribution in [2.45, 2.75) is 25.7 Å². The summed E-state index contributed by atoms with van der Waals surface area (Å²) in [6, 6.07) is 7.93. The fourth-order valence-electron chi connectivity index (χ4n) is 2.57. The van der Waals surface area contributed by atoms with E-state index >= 15 is 0 Å². The molecule has 1 atom stereocenters. The van der Waals surface area contributed by atoms with Crippen LogP contribution in [0.15, 0.2) is 24.3 Å². The zero-order chi connectivity index (χ0) is 11.8. The maximum Gasteiger partial charge on any atom is 0.163 e. The number of Topliss-reactive ketones (excluding diaryl/α,β-unsaturated/α-hetero) is 1. The molecule has 0 bridgehead atoms. The number of carbonyl (C=O) groups is 1. The SMILES string of the molecule is COCC1CC(=O)c2ccccc2C1(C)C. The minimum atomic E-state index is 0.0144. The van der Waals surface area contributed by atoms with Crippen molar-refractivity contribution in [3.05, 3.63) is 35.4 Å². The molecule has 0 N–H and O–H groups in total. The Labute approximate surface area is 96.6 Å². The Hall–Kier alpha value is -1.15. The van der Waals surface area contributed by atoms with Crippen LogP contribution < -0.4 is 0 Å². The molecule has 1 aliphatic carbocycles. The maximum absolute atomic E-state index is 12.0. The molecule has 0 saturated carbocycles. The highest BCUT2D eigenvalue weighted by Crippen LogP contribution is 2.40. The van der Waals surface area contributed by atoms with Gasteiger partial charge in [0, 0.05) is 19.1 Å². The lowest BCUT2D eigenvalue weighted by molar-refractivity contribution is 0.0757. The van der Waals surface area contributed by atoms with Gasteiger partial charge in [0.1, 0.15) is 0 Å². The quantitative estimate of drug-likeness (QED) is 0.763. The number of benzene rings is 1. The summed E-state index contributed by atoms with van der Waals surface area (Å²) in [5.74, 6) is 0.525. The van der Waals surface area contributed by atoms with Gasteiger partial charge in [-0.15, -0.1) is 0 Å². The summed E-state index contributed by atoms with van der Waals surface area (Å²) in [5, 5.41) is 0.